The second-order valence-electron chi connectivity index (χ2n) is 6.59. The van der Waals surface area contributed by atoms with E-state index in [1.807, 2.05) is 31.2 Å². The Hall–Kier alpha value is -1.26. The minimum absolute atomic E-state index is 0.0924. The summed E-state index contributed by atoms with van der Waals surface area (Å²) in [6.45, 7) is 4.63. The van der Waals surface area contributed by atoms with Gasteiger partial charge in [0.25, 0.3) is 0 Å². The SMILES string of the molecule is CCCCC(C)NC(=O)CCc1ccc(OCCCC(Cl)(Cl)C=O)cc1. The maximum Gasteiger partial charge on any atom is 0.220 e. The van der Waals surface area contributed by atoms with Gasteiger partial charge in [-0.3, -0.25) is 4.79 Å². The average molecular weight is 402 g/mol. The third-order valence-corrected chi connectivity index (χ3v) is 4.61. The van der Waals surface area contributed by atoms with Crippen molar-refractivity contribution in [3.63, 3.8) is 0 Å². The fraction of sp³-hybridized carbons (Fsp3) is 0.600. The zero-order valence-electron chi connectivity index (χ0n) is 15.6. The Balaban J connectivity index is 2.27. The first kappa shape index (κ1) is 22.8. The minimum Gasteiger partial charge on any atom is -0.494 e. The molecule has 1 N–H and O–H groups in total. The highest BCUT2D eigenvalue weighted by atomic mass is 35.5. The summed E-state index contributed by atoms with van der Waals surface area (Å²) in [5, 5.41) is 3.04. The average Bonchev–Trinajstić information content (AvgIpc) is 2.63. The van der Waals surface area contributed by atoms with Crippen LogP contribution in [0.2, 0.25) is 0 Å². The molecular weight excluding hydrogens is 373 g/mol. The lowest BCUT2D eigenvalue weighted by molar-refractivity contribution is -0.121. The Kier molecular flexibility index (Phi) is 10.7. The number of benzene rings is 1. The third kappa shape index (κ3) is 10.0. The van der Waals surface area contributed by atoms with Crippen molar-refractivity contribution in [3.8, 4) is 5.75 Å². The molecule has 0 heterocycles. The van der Waals surface area contributed by atoms with Gasteiger partial charge in [0.2, 0.25) is 5.91 Å². The van der Waals surface area contributed by atoms with Gasteiger partial charge in [0, 0.05) is 12.5 Å². The second kappa shape index (κ2) is 12.2. The van der Waals surface area contributed by atoms with Crippen LogP contribution in [0.5, 0.6) is 5.75 Å². The van der Waals surface area contributed by atoms with Gasteiger partial charge in [-0.05, 0) is 50.3 Å². The lowest BCUT2D eigenvalue weighted by atomic mass is 10.1. The summed E-state index contributed by atoms with van der Waals surface area (Å²) in [4.78, 5) is 22.6. The summed E-state index contributed by atoms with van der Waals surface area (Å²) in [5.74, 6) is 0.835. The molecular formula is C20H29Cl2NO3. The molecule has 0 saturated carbocycles. The number of unbranched alkanes of at least 4 members (excludes halogenated alkanes) is 1. The number of ether oxygens (including phenoxy) is 1. The zero-order valence-corrected chi connectivity index (χ0v) is 17.1. The van der Waals surface area contributed by atoms with Crippen LogP contribution >= 0.6 is 23.2 Å². The Morgan fingerprint density at radius 3 is 2.58 bits per heavy atom. The molecule has 6 heteroatoms. The molecule has 26 heavy (non-hydrogen) atoms. The lowest BCUT2D eigenvalue weighted by Gasteiger charge is -2.13. The molecule has 0 saturated heterocycles. The highest BCUT2D eigenvalue weighted by Gasteiger charge is 2.21. The molecule has 0 bridgehead atoms. The molecule has 1 atom stereocenters. The van der Waals surface area contributed by atoms with E-state index >= 15 is 0 Å². The van der Waals surface area contributed by atoms with E-state index in [-0.39, 0.29) is 11.9 Å². The van der Waals surface area contributed by atoms with Gasteiger partial charge in [-0.25, -0.2) is 0 Å². The first-order valence-electron chi connectivity index (χ1n) is 9.21. The number of rotatable bonds is 13. The van der Waals surface area contributed by atoms with E-state index in [4.69, 9.17) is 27.9 Å². The summed E-state index contributed by atoms with van der Waals surface area (Å²) >= 11 is 11.5. The van der Waals surface area contributed by atoms with E-state index in [9.17, 15) is 9.59 Å². The molecule has 0 aromatic heterocycles. The summed E-state index contributed by atoms with van der Waals surface area (Å²) in [6.07, 6.45) is 5.96. The van der Waals surface area contributed by atoms with Crippen molar-refractivity contribution in [3.05, 3.63) is 29.8 Å². The van der Waals surface area contributed by atoms with Crippen molar-refractivity contribution < 1.29 is 14.3 Å². The molecule has 0 aliphatic heterocycles. The van der Waals surface area contributed by atoms with E-state index in [2.05, 4.69) is 12.2 Å². The normalized spacial score (nSPS) is 12.5. The molecule has 0 radical (unpaired) electrons. The van der Waals surface area contributed by atoms with Crippen molar-refractivity contribution in [1.29, 1.82) is 0 Å². The van der Waals surface area contributed by atoms with Crippen molar-refractivity contribution in [2.75, 3.05) is 6.61 Å². The van der Waals surface area contributed by atoms with Gasteiger partial charge >= 0.3 is 0 Å². The summed E-state index contributed by atoms with van der Waals surface area (Å²) in [5.41, 5.74) is 1.09. The van der Waals surface area contributed by atoms with Crippen LogP contribution in [0.15, 0.2) is 24.3 Å². The number of hydrogen-bond acceptors (Lipinski definition) is 3. The first-order chi connectivity index (χ1) is 12.4. The number of nitrogens with one attached hydrogen (secondary N) is 1. The Labute approximate surface area is 166 Å². The molecule has 0 fully saturated rings. The number of hydrogen-bond donors (Lipinski definition) is 1. The Bertz CT molecular complexity index is 546. The molecule has 1 rings (SSSR count). The summed E-state index contributed by atoms with van der Waals surface area (Å²) < 4.78 is 4.27. The van der Waals surface area contributed by atoms with E-state index in [0.29, 0.717) is 38.6 Å². The lowest BCUT2D eigenvalue weighted by Crippen LogP contribution is -2.32. The van der Waals surface area contributed by atoms with Crippen molar-refractivity contribution in [2.24, 2.45) is 0 Å². The maximum absolute atomic E-state index is 12.0. The minimum atomic E-state index is -1.33. The standard InChI is InChI=1S/C20H29Cl2NO3/c1-3-4-6-16(2)23-19(25)12-9-17-7-10-18(11-8-17)26-14-5-13-20(21,22)15-24/h7-8,10-11,15-16H,3-6,9,12-14H2,1-2H3,(H,23,25). The fourth-order valence-electron chi connectivity index (χ4n) is 2.50. The van der Waals surface area contributed by atoms with Crippen LogP contribution in [0.1, 0.15) is 57.9 Å². The van der Waals surface area contributed by atoms with E-state index in [0.717, 1.165) is 30.6 Å². The van der Waals surface area contributed by atoms with Crippen LogP contribution in [-0.2, 0) is 16.0 Å². The van der Waals surface area contributed by atoms with Crippen LogP contribution in [0.4, 0.5) is 0 Å². The number of aryl methyl sites for hydroxylation is 1. The highest BCUT2D eigenvalue weighted by molar-refractivity contribution is 6.55. The number of halogens is 2. The Morgan fingerprint density at radius 2 is 1.96 bits per heavy atom. The van der Waals surface area contributed by atoms with Crippen molar-refractivity contribution >= 4 is 35.4 Å². The van der Waals surface area contributed by atoms with E-state index in [1.165, 1.54) is 0 Å². The number of alkyl halides is 2. The van der Waals surface area contributed by atoms with Crippen LogP contribution in [0.3, 0.4) is 0 Å². The number of amides is 1. The van der Waals surface area contributed by atoms with Crippen LogP contribution in [-0.4, -0.2) is 29.2 Å². The number of carbonyl (C=O) groups is 2. The molecule has 1 aromatic rings. The monoisotopic (exact) mass is 401 g/mol. The third-order valence-electron chi connectivity index (χ3n) is 4.06. The molecule has 0 spiro atoms. The first-order valence-corrected chi connectivity index (χ1v) is 9.97. The zero-order chi connectivity index (χ0) is 19.4. The van der Waals surface area contributed by atoms with Gasteiger partial charge in [0.15, 0.2) is 10.6 Å². The molecule has 0 aliphatic carbocycles. The largest absolute Gasteiger partial charge is 0.494 e. The molecule has 1 unspecified atom stereocenters. The van der Waals surface area contributed by atoms with Crippen LogP contribution < -0.4 is 10.1 Å². The molecule has 0 aliphatic rings. The molecule has 146 valence electrons. The summed E-state index contributed by atoms with van der Waals surface area (Å²) in [7, 11) is 0. The van der Waals surface area contributed by atoms with Crippen LogP contribution in [0.25, 0.3) is 0 Å². The number of aldehydes is 1. The topological polar surface area (TPSA) is 55.4 Å². The molecule has 1 amide bonds. The van der Waals surface area contributed by atoms with Gasteiger partial charge in [0.1, 0.15) is 5.75 Å². The van der Waals surface area contributed by atoms with E-state index < -0.39 is 4.33 Å². The second-order valence-corrected chi connectivity index (χ2v) is 8.13. The van der Waals surface area contributed by atoms with Crippen molar-refractivity contribution in [1.82, 2.24) is 5.32 Å². The highest BCUT2D eigenvalue weighted by Crippen LogP contribution is 2.24. The fourth-order valence-corrected chi connectivity index (χ4v) is 2.76. The van der Waals surface area contributed by atoms with E-state index in [1.54, 1.807) is 0 Å². The van der Waals surface area contributed by atoms with Gasteiger partial charge in [-0.1, -0.05) is 55.1 Å². The molecule has 4 nitrogen and oxygen atoms in total. The predicted molar refractivity (Wildman–Crippen MR) is 107 cm³/mol. The van der Waals surface area contributed by atoms with Crippen molar-refractivity contribution in [2.45, 2.75) is 69.2 Å². The van der Waals surface area contributed by atoms with Gasteiger partial charge in [-0.15, -0.1) is 0 Å². The number of carbonyl (C=O) groups excluding carboxylic acids is 2. The quantitative estimate of drug-likeness (QED) is 0.292. The van der Waals surface area contributed by atoms with Gasteiger partial charge in [-0.2, -0.15) is 0 Å². The van der Waals surface area contributed by atoms with Gasteiger partial charge in [0.05, 0.1) is 6.61 Å². The Morgan fingerprint density at radius 1 is 1.27 bits per heavy atom. The summed E-state index contributed by atoms with van der Waals surface area (Å²) in [6, 6.07) is 7.91. The predicted octanol–water partition coefficient (Wildman–Crippen LogP) is 4.85. The van der Waals surface area contributed by atoms with Crippen LogP contribution in [0, 0.1) is 0 Å². The smallest absolute Gasteiger partial charge is 0.220 e. The maximum atomic E-state index is 12.0. The van der Waals surface area contributed by atoms with Gasteiger partial charge < -0.3 is 14.8 Å². The molecule has 1 aromatic carbocycles.